The molecular weight excluding hydrogens is 242 g/mol. The molecule has 3 unspecified atom stereocenters. The van der Waals surface area contributed by atoms with Crippen LogP contribution in [0.1, 0.15) is 40.5 Å². The lowest BCUT2D eigenvalue weighted by Gasteiger charge is -2.44. The van der Waals surface area contributed by atoms with Gasteiger partial charge >= 0.3 is 0 Å². The number of rotatable bonds is 11. The van der Waals surface area contributed by atoms with Crippen LogP contribution in [-0.2, 0) is 14.2 Å². The van der Waals surface area contributed by atoms with Gasteiger partial charge < -0.3 is 19.5 Å². The number of ether oxygens (including phenoxy) is 3. The van der Waals surface area contributed by atoms with Crippen LogP contribution in [0.25, 0.3) is 0 Å². The predicted octanol–water partition coefficient (Wildman–Crippen LogP) is 2.22. The van der Waals surface area contributed by atoms with Gasteiger partial charge in [-0.1, -0.05) is 27.7 Å². The normalized spacial score (nSPS) is 26.7. The predicted molar refractivity (Wildman–Crippen MR) is 77.5 cm³/mol. The highest BCUT2D eigenvalue weighted by Crippen LogP contribution is 2.27. The lowest BCUT2D eigenvalue weighted by atomic mass is 9.85. The summed E-state index contributed by atoms with van der Waals surface area (Å²) < 4.78 is 17.3. The second-order valence-electron chi connectivity index (χ2n) is 5.61. The highest BCUT2D eigenvalue weighted by Gasteiger charge is 2.42. The minimum Gasteiger partial charge on any atom is -0.379 e. The zero-order valence-electron chi connectivity index (χ0n) is 13.0. The molecule has 0 amide bonds. The van der Waals surface area contributed by atoms with E-state index in [1.165, 1.54) is 0 Å². The molecule has 1 fully saturated rings. The molecule has 0 bridgehead atoms. The van der Waals surface area contributed by atoms with Gasteiger partial charge in [0.2, 0.25) is 0 Å². The molecule has 0 radical (unpaired) electrons. The van der Waals surface area contributed by atoms with Gasteiger partial charge in [-0.25, -0.2) is 0 Å². The van der Waals surface area contributed by atoms with Crippen molar-refractivity contribution >= 4 is 0 Å². The van der Waals surface area contributed by atoms with E-state index in [2.05, 4.69) is 33.0 Å². The first-order valence-corrected chi connectivity index (χ1v) is 7.73. The molecule has 0 aromatic rings. The Morgan fingerprint density at radius 3 is 2.53 bits per heavy atom. The number of nitrogens with one attached hydrogen (secondary N) is 1. The highest BCUT2D eigenvalue weighted by molar-refractivity contribution is 4.97. The molecule has 1 saturated carbocycles. The van der Waals surface area contributed by atoms with Crippen LogP contribution in [0.2, 0.25) is 0 Å². The van der Waals surface area contributed by atoms with E-state index in [0.717, 1.165) is 32.6 Å². The third kappa shape index (κ3) is 6.21. The van der Waals surface area contributed by atoms with Gasteiger partial charge in [-0.15, -0.1) is 0 Å². The average Bonchev–Trinajstić information content (AvgIpc) is 2.36. The molecule has 0 saturated heterocycles. The molecule has 0 spiro atoms. The summed E-state index contributed by atoms with van der Waals surface area (Å²) in [5.41, 5.74) is 0. The Kier molecular flexibility index (Phi) is 8.62. The fourth-order valence-corrected chi connectivity index (χ4v) is 2.26. The molecule has 4 heteroatoms. The fourth-order valence-electron chi connectivity index (χ4n) is 2.26. The van der Waals surface area contributed by atoms with Crippen LogP contribution in [0.5, 0.6) is 0 Å². The minimum absolute atomic E-state index is 0.213. The van der Waals surface area contributed by atoms with E-state index >= 15 is 0 Å². The van der Waals surface area contributed by atoms with Gasteiger partial charge in [-0.05, 0) is 25.3 Å². The number of likely N-dealkylation sites (N-methyl/N-ethyl adjacent to an activating group) is 1. The van der Waals surface area contributed by atoms with Crippen molar-refractivity contribution < 1.29 is 14.2 Å². The van der Waals surface area contributed by atoms with Gasteiger partial charge in [0.25, 0.3) is 0 Å². The summed E-state index contributed by atoms with van der Waals surface area (Å²) in [6, 6.07) is 0.457. The van der Waals surface area contributed by atoms with Crippen LogP contribution in [-0.4, -0.2) is 51.2 Å². The van der Waals surface area contributed by atoms with Crippen LogP contribution >= 0.6 is 0 Å². The molecule has 0 aromatic carbocycles. The first-order valence-electron chi connectivity index (χ1n) is 7.73. The third-order valence-electron chi connectivity index (χ3n) is 3.24. The largest absolute Gasteiger partial charge is 0.379 e. The number of hydrogen-bond donors (Lipinski definition) is 1. The van der Waals surface area contributed by atoms with Gasteiger partial charge in [0.05, 0.1) is 25.4 Å². The Hall–Kier alpha value is -0.160. The average molecular weight is 273 g/mol. The molecule has 1 aliphatic carbocycles. The van der Waals surface area contributed by atoms with Gasteiger partial charge in [-0.3, -0.25) is 0 Å². The quantitative estimate of drug-likeness (QED) is 0.586. The first kappa shape index (κ1) is 16.9. The minimum atomic E-state index is 0.213. The second kappa shape index (κ2) is 9.70. The van der Waals surface area contributed by atoms with E-state index in [-0.39, 0.29) is 12.2 Å². The Labute approximate surface area is 118 Å². The summed E-state index contributed by atoms with van der Waals surface area (Å²) in [6.07, 6.45) is 2.55. The van der Waals surface area contributed by atoms with Crippen LogP contribution in [0.15, 0.2) is 0 Å². The summed E-state index contributed by atoms with van der Waals surface area (Å²) in [5.74, 6) is 0.586. The Balaban J connectivity index is 2.14. The Morgan fingerprint density at radius 2 is 1.89 bits per heavy atom. The molecule has 1 N–H and O–H groups in total. The van der Waals surface area contributed by atoms with Crippen molar-refractivity contribution in [1.82, 2.24) is 5.32 Å². The lowest BCUT2D eigenvalue weighted by Crippen LogP contribution is -2.60. The SMILES string of the molecule is CCCOC1C(NCC)CC1OCCOCC(C)C. The van der Waals surface area contributed by atoms with Crippen LogP contribution < -0.4 is 5.32 Å². The van der Waals surface area contributed by atoms with Gasteiger partial charge in [0.15, 0.2) is 0 Å². The topological polar surface area (TPSA) is 39.7 Å². The molecular formula is C15H31NO3. The summed E-state index contributed by atoms with van der Waals surface area (Å²) in [7, 11) is 0. The maximum Gasteiger partial charge on any atom is 0.0990 e. The summed E-state index contributed by atoms with van der Waals surface area (Å²) >= 11 is 0. The Bertz CT molecular complexity index is 223. The second-order valence-corrected chi connectivity index (χ2v) is 5.61. The van der Waals surface area contributed by atoms with Crippen molar-refractivity contribution in [3.05, 3.63) is 0 Å². The number of hydrogen-bond acceptors (Lipinski definition) is 4. The first-order chi connectivity index (χ1) is 9.19. The summed E-state index contributed by atoms with van der Waals surface area (Å²) in [4.78, 5) is 0. The molecule has 1 aliphatic rings. The van der Waals surface area contributed by atoms with Gasteiger partial charge in [0, 0.05) is 19.3 Å². The van der Waals surface area contributed by atoms with Crippen molar-refractivity contribution in [3.63, 3.8) is 0 Å². The van der Waals surface area contributed by atoms with E-state index in [0.29, 0.717) is 25.2 Å². The lowest BCUT2D eigenvalue weighted by molar-refractivity contribution is -0.152. The molecule has 0 heterocycles. The van der Waals surface area contributed by atoms with Crippen molar-refractivity contribution in [2.45, 2.75) is 58.8 Å². The van der Waals surface area contributed by atoms with Crippen molar-refractivity contribution in [2.75, 3.05) is 33.0 Å². The van der Waals surface area contributed by atoms with Crippen molar-refractivity contribution in [1.29, 1.82) is 0 Å². The summed E-state index contributed by atoms with van der Waals surface area (Å²) in [5, 5.41) is 3.45. The van der Waals surface area contributed by atoms with Gasteiger partial charge in [0.1, 0.15) is 0 Å². The van der Waals surface area contributed by atoms with E-state index in [9.17, 15) is 0 Å². The van der Waals surface area contributed by atoms with E-state index < -0.39 is 0 Å². The molecule has 19 heavy (non-hydrogen) atoms. The molecule has 4 nitrogen and oxygen atoms in total. The summed E-state index contributed by atoms with van der Waals surface area (Å²) in [6.45, 7) is 12.5. The monoisotopic (exact) mass is 273 g/mol. The van der Waals surface area contributed by atoms with Crippen LogP contribution in [0, 0.1) is 5.92 Å². The standard InChI is InChI=1S/C15H31NO3/c1-5-7-19-15-13(16-6-2)10-14(15)18-9-8-17-11-12(3)4/h12-16H,5-11H2,1-4H3. The molecule has 0 aliphatic heterocycles. The highest BCUT2D eigenvalue weighted by atomic mass is 16.6. The molecule has 3 atom stereocenters. The zero-order chi connectivity index (χ0) is 14.1. The maximum atomic E-state index is 5.87. The fraction of sp³-hybridized carbons (Fsp3) is 1.00. The smallest absolute Gasteiger partial charge is 0.0990 e. The van der Waals surface area contributed by atoms with E-state index in [1.54, 1.807) is 0 Å². The Morgan fingerprint density at radius 1 is 1.11 bits per heavy atom. The van der Waals surface area contributed by atoms with Crippen LogP contribution in [0.3, 0.4) is 0 Å². The molecule has 0 aromatic heterocycles. The zero-order valence-corrected chi connectivity index (χ0v) is 13.0. The molecule has 114 valence electrons. The van der Waals surface area contributed by atoms with Crippen LogP contribution in [0.4, 0.5) is 0 Å². The van der Waals surface area contributed by atoms with E-state index in [4.69, 9.17) is 14.2 Å². The maximum absolute atomic E-state index is 5.87. The third-order valence-corrected chi connectivity index (χ3v) is 3.24. The van der Waals surface area contributed by atoms with Crippen molar-refractivity contribution in [2.24, 2.45) is 5.92 Å². The van der Waals surface area contributed by atoms with E-state index in [1.807, 2.05) is 0 Å². The van der Waals surface area contributed by atoms with Gasteiger partial charge in [-0.2, -0.15) is 0 Å². The van der Waals surface area contributed by atoms with Crippen molar-refractivity contribution in [3.8, 4) is 0 Å². The molecule has 1 rings (SSSR count).